The highest BCUT2D eigenvalue weighted by Crippen LogP contribution is 2.41. The van der Waals surface area contributed by atoms with Crippen molar-refractivity contribution in [3.05, 3.63) is 33.8 Å². The van der Waals surface area contributed by atoms with Crippen molar-refractivity contribution in [1.82, 2.24) is 0 Å². The molecule has 1 nitrogen and oxygen atoms in total. The maximum Gasteiger partial charge on any atom is 0.416 e. The summed E-state index contributed by atoms with van der Waals surface area (Å²) in [5.41, 5.74) is -0.393. The Morgan fingerprint density at radius 1 is 1.36 bits per heavy atom. The summed E-state index contributed by atoms with van der Waals surface area (Å²) in [5.74, 6) is 0. The molecule has 1 fully saturated rings. The normalized spacial score (nSPS) is 21.0. The molecule has 1 aromatic carbocycles. The lowest BCUT2D eigenvalue weighted by molar-refractivity contribution is -0.138. The van der Waals surface area contributed by atoms with Gasteiger partial charge in [0.2, 0.25) is 0 Å². The number of halogens is 4. The molecule has 0 unspecified atom stereocenters. The maximum absolute atomic E-state index is 12.5. The number of alkyl halides is 3. The Balaban J connectivity index is 2.48. The second-order valence-corrected chi connectivity index (χ2v) is 3.97. The second kappa shape index (κ2) is 3.24. The Labute approximate surface area is 87.0 Å². The van der Waals surface area contributed by atoms with E-state index in [9.17, 15) is 13.2 Å². The first-order chi connectivity index (χ1) is 6.48. The zero-order valence-corrected chi connectivity index (χ0v) is 8.52. The Bertz CT molecular complexity index is 358. The zero-order chi connectivity index (χ0) is 10.3. The standard InChI is InChI=1S/C9H6BrF3O/c10-5-1-2-6(8-4-14-8)7(3-5)9(11,12)13/h1-3,8H,4H2/t8-/m1/s1. The molecular formula is C9H6BrF3O. The Hall–Kier alpha value is -0.550. The minimum atomic E-state index is -4.31. The lowest BCUT2D eigenvalue weighted by Crippen LogP contribution is -2.08. The molecule has 0 bridgehead atoms. The van der Waals surface area contributed by atoms with Crippen molar-refractivity contribution in [1.29, 1.82) is 0 Å². The quantitative estimate of drug-likeness (QED) is 0.709. The number of ether oxygens (including phenoxy) is 1. The molecular weight excluding hydrogens is 261 g/mol. The van der Waals surface area contributed by atoms with E-state index in [2.05, 4.69) is 15.9 Å². The first-order valence-electron chi connectivity index (χ1n) is 3.97. The van der Waals surface area contributed by atoms with Crippen LogP contribution in [-0.4, -0.2) is 6.61 Å². The van der Waals surface area contributed by atoms with Crippen LogP contribution in [0.15, 0.2) is 22.7 Å². The molecule has 0 radical (unpaired) electrons. The first kappa shape index (κ1) is 9.98. The molecule has 2 rings (SSSR count). The van der Waals surface area contributed by atoms with Gasteiger partial charge in [0.1, 0.15) is 6.10 Å². The third-order valence-corrected chi connectivity index (χ3v) is 2.49. The summed E-state index contributed by atoms with van der Waals surface area (Å²) >= 11 is 3.02. The number of benzene rings is 1. The van der Waals surface area contributed by atoms with E-state index >= 15 is 0 Å². The summed E-state index contributed by atoms with van der Waals surface area (Å²) in [6.45, 7) is 0.380. The molecule has 0 saturated carbocycles. The van der Waals surface area contributed by atoms with Gasteiger partial charge in [0.05, 0.1) is 12.2 Å². The fourth-order valence-electron chi connectivity index (χ4n) is 1.28. The van der Waals surface area contributed by atoms with Crippen molar-refractivity contribution in [2.45, 2.75) is 12.3 Å². The molecule has 1 aromatic rings. The number of hydrogen-bond donors (Lipinski definition) is 0. The van der Waals surface area contributed by atoms with E-state index in [1.807, 2.05) is 0 Å². The topological polar surface area (TPSA) is 12.5 Å². The van der Waals surface area contributed by atoms with Gasteiger partial charge in [-0.1, -0.05) is 22.0 Å². The van der Waals surface area contributed by atoms with E-state index < -0.39 is 11.7 Å². The SMILES string of the molecule is FC(F)(F)c1cc(Br)ccc1[C@H]1CO1. The van der Waals surface area contributed by atoms with Crippen LogP contribution in [0.25, 0.3) is 0 Å². The number of epoxide rings is 1. The smallest absolute Gasteiger partial charge is 0.368 e. The fourth-order valence-corrected chi connectivity index (χ4v) is 1.64. The summed E-state index contributed by atoms with van der Waals surface area (Å²) in [4.78, 5) is 0. The number of hydrogen-bond acceptors (Lipinski definition) is 1. The Morgan fingerprint density at radius 3 is 2.50 bits per heavy atom. The van der Waals surface area contributed by atoms with Crippen molar-refractivity contribution < 1.29 is 17.9 Å². The van der Waals surface area contributed by atoms with E-state index in [0.717, 1.165) is 6.07 Å². The molecule has 1 atom stereocenters. The van der Waals surface area contributed by atoms with Crippen molar-refractivity contribution >= 4 is 15.9 Å². The summed E-state index contributed by atoms with van der Waals surface area (Å²) in [5, 5.41) is 0. The summed E-state index contributed by atoms with van der Waals surface area (Å²) in [6, 6.07) is 4.12. The van der Waals surface area contributed by atoms with Crippen molar-refractivity contribution in [2.24, 2.45) is 0 Å². The molecule has 76 valence electrons. The molecule has 0 aliphatic carbocycles. The van der Waals surface area contributed by atoms with Gasteiger partial charge in [0, 0.05) is 4.47 Å². The first-order valence-corrected chi connectivity index (χ1v) is 4.76. The summed E-state index contributed by atoms with van der Waals surface area (Å²) in [7, 11) is 0. The van der Waals surface area contributed by atoms with Gasteiger partial charge in [-0.25, -0.2) is 0 Å². The summed E-state index contributed by atoms with van der Waals surface area (Å²) < 4.78 is 42.9. The van der Waals surface area contributed by atoms with Gasteiger partial charge in [-0.05, 0) is 17.7 Å². The zero-order valence-electron chi connectivity index (χ0n) is 6.94. The van der Waals surface area contributed by atoms with E-state index in [1.54, 1.807) is 6.07 Å². The average Bonchev–Trinajstić information content (AvgIpc) is 2.85. The van der Waals surface area contributed by atoms with Crippen LogP contribution < -0.4 is 0 Å². The van der Waals surface area contributed by atoms with Crippen LogP contribution in [0.2, 0.25) is 0 Å². The predicted molar refractivity (Wildman–Crippen MR) is 47.8 cm³/mol. The van der Waals surface area contributed by atoms with E-state index in [1.165, 1.54) is 6.07 Å². The second-order valence-electron chi connectivity index (χ2n) is 3.05. The van der Waals surface area contributed by atoms with Gasteiger partial charge in [0.25, 0.3) is 0 Å². The third-order valence-electron chi connectivity index (χ3n) is 2.00. The van der Waals surface area contributed by atoms with Crippen LogP contribution in [0, 0.1) is 0 Å². The molecule has 0 aromatic heterocycles. The van der Waals surface area contributed by atoms with Crippen molar-refractivity contribution in [3.63, 3.8) is 0 Å². The van der Waals surface area contributed by atoms with Crippen LogP contribution in [0.5, 0.6) is 0 Å². The minimum Gasteiger partial charge on any atom is -0.368 e. The van der Waals surface area contributed by atoms with E-state index in [0.29, 0.717) is 11.1 Å². The molecule has 1 aliphatic heterocycles. The lowest BCUT2D eigenvalue weighted by Gasteiger charge is -2.11. The minimum absolute atomic E-state index is 0.223. The largest absolute Gasteiger partial charge is 0.416 e. The molecule has 1 aliphatic rings. The highest BCUT2D eigenvalue weighted by atomic mass is 79.9. The van der Waals surface area contributed by atoms with Crippen LogP contribution >= 0.6 is 15.9 Å². The number of rotatable bonds is 1. The maximum atomic E-state index is 12.5. The van der Waals surface area contributed by atoms with E-state index in [-0.39, 0.29) is 11.7 Å². The van der Waals surface area contributed by atoms with Gasteiger partial charge < -0.3 is 4.74 Å². The lowest BCUT2D eigenvalue weighted by atomic mass is 10.0. The average molecular weight is 267 g/mol. The monoisotopic (exact) mass is 266 g/mol. The third kappa shape index (κ3) is 1.93. The molecule has 1 saturated heterocycles. The molecule has 0 N–H and O–H groups in total. The van der Waals surface area contributed by atoms with Gasteiger partial charge in [-0.3, -0.25) is 0 Å². The molecule has 14 heavy (non-hydrogen) atoms. The highest BCUT2D eigenvalue weighted by molar-refractivity contribution is 9.10. The molecule has 0 spiro atoms. The Morgan fingerprint density at radius 2 is 2.00 bits per heavy atom. The molecule has 0 amide bonds. The Kier molecular flexibility index (Phi) is 2.31. The van der Waals surface area contributed by atoms with Crippen LogP contribution in [0.1, 0.15) is 17.2 Å². The van der Waals surface area contributed by atoms with Gasteiger partial charge in [-0.2, -0.15) is 13.2 Å². The summed E-state index contributed by atoms with van der Waals surface area (Å²) in [6.07, 6.45) is -4.69. The van der Waals surface area contributed by atoms with Crippen LogP contribution in [0.3, 0.4) is 0 Å². The van der Waals surface area contributed by atoms with Crippen molar-refractivity contribution in [2.75, 3.05) is 6.61 Å². The fraction of sp³-hybridized carbons (Fsp3) is 0.333. The van der Waals surface area contributed by atoms with Gasteiger partial charge >= 0.3 is 6.18 Å². The van der Waals surface area contributed by atoms with Gasteiger partial charge in [0.15, 0.2) is 0 Å². The van der Waals surface area contributed by atoms with Crippen LogP contribution in [-0.2, 0) is 10.9 Å². The predicted octanol–water partition coefficient (Wildman–Crippen LogP) is 3.54. The van der Waals surface area contributed by atoms with Crippen molar-refractivity contribution in [3.8, 4) is 0 Å². The van der Waals surface area contributed by atoms with Gasteiger partial charge in [-0.15, -0.1) is 0 Å². The highest BCUT2D eigenvalue weighted by Gasteiger charge is 2.38. The van der Waals surface area contributed by atoms with E-state index in [4.69, 9.17) is 4.74 Å². The molecule has 5 heteroatoms. The molecule has 1 heterocycles. The van der Waals surface area contributed by atoms with Crippen LogP contribution in [0.4, 0.5) is 13.2 Å².